The minimum atomic E-state index is 0.0613. The summed E-state index contributed by atoms with van der Waals surface area (Å²) >= 11 is 0. The van der Waals surface area contributed by atoms with Crippen molar-refractivity contribution in [1.82, 2.24) is 15.1 Å². The van der Waals surface area contributed by atoms with Crippen LogP contribution in [0.2, 0.25) is 0 Å². The lowest BCUT2D eigenvalue weighted by Gasteiger charge is -2.37. The van der Waals surface area contributed by atoms with E-state index in [1.54, 1.807) is 0 Å². The van der Waals surface area contributed by atoms with E-state index in [9.17, 15) is 4.79 Å². The summed E-state index contributed by atoms with van der Waals surface area (Å²) in [6.45, 7) is 12.9. The van der Waals surface area contributed by atoms with E-state index in [1.807, 2.05) is 18.7 Å². The summed E-state index contributed by atoms with van der Waals surface area (Å²) in [4.78, 5) is 16.7. The number of carbonyl (C=O) groups excluding carboxylic acids is 1. The number of nitrogens with one attached hydrogen (secondary N) is 1. The topological polar surface area (TPSA) is 35.6 Å². The number of carbonyl (C=O) groups is 1. The van der Waals surface area contributed by atoms with E-state index in [0.29, 0.717) is 12.0 Å². The van der Waals surface area contributed by atoms with Gasteiger partial charge in [-0.25, -0.2) is 4.79 Å². The Morgan fingerprint density at radius 1 is 1.21 bits per heavy atom. The molecule has 4 nitrogen and oxygen atoms in total. The van der Waals surface area contributed by atoms with Gasteiger partial charge in [-0.15, -0.1) is 0 Å². The number of rotatable bonds is 7. The molecular formula is C20H33N3O. The molecule has 0 fully saturated rings. The summed E-state index contributed by atoms with van der Waals surface area (Å²) in [5, 5.41) is 3.16. The van der Waals surface area contributed by atoms with Crippen molar-refractivity contribution in [2.45, 2.75) is 53.1 Å². The van der Waals surface area contributed by atoms with Crippen LogP contribution in [0, 0.1) is 5.92 Å². The maximum atomic E-state index is 12.3. The van der Waals surface area contributed by atoms with Crippen LogP contribution in [-0.4, -0.2) is 48.1 Å². The van der Waals surface area contributed by atoms with Crippen molar-refractivity contribution in [1.29, 1.82) is 0 Å². The Bertz CT molecular complexity index is 525. The molecule has 2 amide bonds. The summed E-state index contributed by atoms with van der Waals surface area (Å²) in [6, 6.07) is 9.20. The highest BCUT2D eigenvalue weighted by molar-refractivity contribution is 5.74. The fourth-order valence-electron chi connectivity index (χ4n) is 3.56. The number of hydrogen-bond acceptors (Lipinski definition) is 2. The Morgan fingerprint density at radius 2 is 1.88 bits per heavy atom. The van der Waals surface area contributed by atoms with Gasteiger partial charge in [-0.05, 0) is 43.7 Å². The Labute approximate surface area is 147 Å². The molecule has 1 N–H and O–H groups in total. The molecule has 1 aliphatic heterocycles. The van der Waals surface area contributed by atoms with Crippen LogP contribution in [0.1, 0.15) is 45.2 Å². The second-order valence-electron chi connectivity index (χ2n) is 7.13. The van der Waals surface area contributed by atoms with Crippen molar-refractivity contribution in [3.05, 3.63) is 35.4 Å². The van der Waals surface area contributed by atoms with Crippen LogP contribution in [0.15, 0.2) is 24.3 Å². The van der Waals surface area contributed by atoms with Gasteiger partial charge in [-0.2, -0.15) is 0 Å². The van der Waals surface area contributed by atoms with E-state index in [1.165, 1.54) is 11.1 Å². The molecule has 4 heteroatoms. The highest BCUT2D eigenvalue weighted by Crippen LogP contribution is 2.22. The first-order chi connectivity index (χ1) is 11.5. The largest absolute Gasteiger partial charge is 0.336 e. The van der Waals surface area contributed by atoms with Crippen LogP contribution < -0.4 is 5.32 Å². The number of hydrogen-bond donors (Lipinski definition) is 1. The van der Waals surface area contributed by atoms with Crippen LogP contribution in [0.4, 0.5) is 4.79 Å². The molecule has 134 valence electrons. The third kappa shape index (κ3) is 4.97. The quantitative estimate of drug-likeness (QED) is 0.830. The van der Waals surface area contributed by atoms with Crippen LogP contribution in [0.5, 0.6) is 0 Å². The highest BCUT2D eigenvalue weighted by Gasteiger charge is 2.25. The zero-order chi connectivity index (χ0) is 17.5. The lowest BCUT2D eigenvalue weighted by Crippen LogP contribution is -2.49. The molecular weight excluding hydrogens is 298 g/mol. The number of fused-ring (bicyclic) bond motifs is 1. The summed E-state index contributed by atoms with van der Waals surface area (Å²) in [6.07, 6.45) is 2.22. The molecule has 0 aromatic heterocycles. The molecule has 24 heavy (non-hydrogen) atoms. The summed E-state index contributed by atoms with van der Waals surface area (Å²) < 4.78 is 0. The van der Waals surface area contributed by atoms with E-state index < -0.39 is 0 Å². The van der Waals surface area contributed by atoms with Crippen molar-refractivity contribution in [2.75, 3.05) is 26.2 Å². The maximum absolute atomic E-state index is 12.3. The second kappa shape index (κ2) is 9.07. The van der Waals surface area contributed by atoms with Crippen LogP contribution in [0.25, 0.3) is 0 Å². The van der Waals surface area contributed by atoms with Gasteiger partial charge in [0.1, 0.15) is 0 Å². The minimum absolute atomic E-state index is 0.0613. The molecule has 1 aromatic carbocycles. The fourth-order valence-corrected chi connectivity index (χ4v) is 3.56. The highest BCUT2D eigenvalue weighted by atomic mass is 16.2. The van der Waals surface area contributed by atoms with Gasteiger partial charge in [0.15, 0.2) is 0 Å². The number of urea groups is 1. The summed E-state index contributed by atoms with van der Waals surface area (Å²) in [7, 11) is 0. The number of benzene rings is 1. The molecule has 0 aliphatic carbocycles. The van der Waals surface area contributed by atoms with Crippen molar-refractivity contribution in [3.8, 4) is 0 Å². The van der Waals surface area contributed by atoms with Gasteiger partial charge >= 0.3 is 6.03 Å². The molecule has 1 atom stereocenters. The predicted octanol–water partition coefficient (Wildman–Crippen LogP) is 3.51. The van der Waals surface area contributed by atoms with Crippen molar-refractivity contribution in [3.63, 3.8) is 0 Å². The first kappa shape index (κ1) is 18.8. The minimum Gasteiger partial charge on any atom is -0.336 e. The molecule has 0 saturated carbocycles. The van der Waals surface area contributed by atoms with Gasteiger partial charge < -0.3 is 10.2 Å². The second-order valence-corrected chi connectivity index (χ2v) is 7.13. The molecule has 1 unspecified atom stereocenters. The Hall–Kier alpha value is -1.55. The lowest BCUT2D eigenvalue weighted by molar-refractivity contribution is 0.149. The van der Waals surface area contributed by atoms with E-state index in [2.05, 4.69) is 48.3 Å². The molecule has 0 saturated heterocycles. The standard InChI is InChI=1S/C20H33N3O/c1-5-22(6-2)20(24)21-14-19(13-16(3)4)23-12-11-17-9-7-8-10-18(17)15-23/h7-10,16,19H,5-6,11-15H2,1-4H3,(H,21,24). The molecule has 1 heterocycles. The van der Waals surface area contributed by atoms with Gasteiger partial charge in [-0.3, -0.25) is 4.90 Å². The van der Waals surface area contributed by atoms with Crippen molar-refractivity contribution >= 4 is 6.03 Å². The molecule has 0 spiro atoms. The van der Waals surface area contributed by atoms with E-state index in [4.69, 9.17) is 0 Å². The van der Waals surface area contributed by atoms with E-state index in [0.717, 1.165) is 45.6 Å². The van der Waals surface area contributed by atoms with Crippen molar-refractivity contribution < 1.29 is 4.79 Å². The molecule has 1 aliphatic rings. The molecule has 1 aromatic rings. The van der Waals surface area contributed by atoms with Gasteiger partial charge in [-0.1, -0.05) is 38.1 Å². The Balaban J connectivity index is 2.00. The smallest absolute Gasteiger partial charge is 0.317 e. The number of amides is 2. The van der Waals surface area contributed by atoms with Gasteiger partial charge in [0.2, 0.25) is 0 Å². The average molecular weight is 332 g/mol. The van der Waals surface area contributed by atoms with E-state index in [-0.39, 0.29) is 6.03 Å². The first-order valence-electron chi connectivity index (χ1n) is 9.38. The maximum Gasteiger partial charge on any atom is 0.317 e. The molecule has 0 bridgehead atoms. The Kier molecular flexibility index (Phi) is 7.10. The first-order valence-corrected chi connectivity index (χ1v) is 9.38. The predicted molar refractivity (Wildman–Crippen MR) is 100 cm³/mol. The number of nitrogens with zero attached hydrogens (tertiary/aromatic N) is 2. The van der Waals surface area contributed by atoms with Crippen LogP contribution in [-0.2, 0) is 13.0 Å². The third-order valence-corrected chi connectivity index (χ3v) is 4.96. The summed E-state index contributed by atoms with van der Waals surface area (Å²) in [5.74, 6) is 0.623. The van der Waals surface area contributed by atoms with Crippen LogP contribution in [0.3, 0.4) is 0 Å². The normalized spacial score (nSPS) is 15.9. The van der Waals surface area contributed by atoms with E-state index >= 15 is 0 Å². The zero-order valence-corrected chi connectivity index (χ0v) is 15.7. The average Bonchev–Trinajstić information content (AvgIpc) is 2.59. The lowest BCUT2D eigenvalue weighted by atomic mass is 9.95. The Morgan fingerprint density at radius 3 is 2.50 bits per heavy atom. The molecule has 0 radical (unpaired) electrons. The van der Waals surface area contributed by atoms with Gasteiger partial charge in [0.05, 0.1) is 0 Å². The molecule has 2 rings (SSSR count). The third-order valence-electron chi connectivity index (χ3n) is 4.96. The zero-order valence-electron chi connectivity index (χ0n) is 15.7. The van der Waals surface area contributed by atoms with Gasteiger partial charge in [0.25, 0.3) is 0 Å². The van der Waals surface area contributed by atoms with Gasteiger partial charge in [0, 0.05) is 38.8 Å². The van der Waals surface area contributed by atoms with Crippen LogP contribution >= 0.6 is 0 Å². The SMILES string of the molecule is CCN(CC)C(=O)NCC(CC(C)C)N1CCc2ccccc2C1. The monoisotopic (exact) mass is 331 g/mol. The van der Waals surface area contributed by atoms with Crippen molar-refractivity contribution in [2.24, 2.45) is 5.92 Å². The summed E-state index contributed by atoms with van der Waals surface area (Å²) in [5.41, 5.74) is 2.91. The fraction of sp³-hybridized carbons (Fsp3) is 0.650.